The monoisotopic (exact) mass is 345 g/mol. The number of aliphatic hydroxyl groups is 2. The number of H-pyrrole nitrogens is 1. The summed E-state index contributed by atoms with van der Waals surface area (Å²) >= 11 is 3.32. The van der Waals surface area contributed by atoms with Gasteiger partial charge in [-0.25, -0.2) is 4.98 Å². The number of alkyl halides is 1. The van der Waals surface area contributed by atoms with Crippen molar-refractivity contribution in [2.75, 3.05) is 12.3 Å². The van der Waals surface area contributed by atoms with Crippen molar-refractivity contribution in [3.05, 3.63) is 16.7 Å². The number of rotatable bonds is 2. The number of aromatic nitrogens is 4. The zero-order chi connectivity index (χ0) is 14.4. The van der Waals surface area contributed by atoms with E-state index in [0.29, 0.717) is 0 Å². The first-order valence-electron chi connectivity index (χ1n) is 5.83. The van der Waals surface area contributed by atoms with Crippen molar-refractivity contribution in [1.82, 2.24) is 19.5 Å². The average Bonchev–Trinajstić information content (AvgIpc) is 2.93. The third-order valence-corrected chi connectivity index (χ3v) is 4.19. The second kappa shape index (κ2) is 4.81. The van der Waals surface area contributed by atoms with Gasteiger partial charge in [-0.15, -0.1) is 0 Å². The van der Waals surface area contributed by atoms with Crippen LogP contribution < -0.4 is 11.3 Å². The molecular weight excluding hydrogens is 334 g/mol. The lowest BCUT2D eigenvalue weighted by Gasteiger charge is -2.16. The summed E-state index contributed by atoms with van der Waals surface area (Å²) in [5.74, 6) is -0.0346. The van der Waals surface area contributed by atoms with Gasteiger partial charge >= 0.3 is 0 Å². The molecule has 1 aliphatic rings. The highest BCUT2D eigenvalue weighted by Gasteiger charge is 2.43. The number of halogens is 1. The molecular formula is C10H12BrN5O4. The number of anilines is 1. The van der Waals surface area contributed by atoms with E-state index in [2.05, 4.69) is 30.9 Å². The number of nitrogen functional groups attached to an aromatic ring is 1. The molecule has 0 spiro atoms. The van der Waals surface area contributed by atoms with Crippen LogP contribution in [0.4, 0.5) is 5.95 Å². The molecule has 0 amide bonds. The highest BCUT2D eigenvalue weighted by Crippen LogP contribution is 2.35. The Morgan fingerprint density at radius 1 is 1.60 bits per heavy atom. The maximum Gasteiger partial charge on any atom is 0.280 e. The summed E-state index contributed by atoms with van der Waals surface area (Å²) in [7, 11) is 0. The minimum atomic E-state index is -0.887. The van der Waals surface area contributed by atoms with Gasteiger partial charge in [-0.2, -0.15) is 4.98 Å². The number of fused-ring (bicyclic) bond motifs is 1. The van der Waals surface area contributed by atoms with E-state index in [1.54, 1.807) is 0 Å². The van der Waals surface area contributed by atoms with Crippen molar-refractivity contribution in [2.24, 2.45) is 0 Å². The summed E-state index contributed by atoms with van der Waals surface area (Å²) in [5, 5.41) is 19.1. The Morgan fingerprint density at radius 2 is 2.35 bits per heavy atom. The number of ether oxygens (including phenoxy) is 1. The number of hydrogen-bond donors (Lipinski definition) is 4. The van der Waals surface area contributed by atoms with E-state index in [9.17, 15) is 9.90 Å². The van der Waals surface area contributed by atoms with Crippen LogP contribution in [0.2, 0.25) is 0 Å². The van der Waals surface area contributed by atoms with Crippen molar-refractivity contribution >= 4 is 33.0 Å². The fourth-order valence-corrected chi connectivity index (χ4v) is 2.93. The lowest BCUT2D eigenvalue weighted by Crippen LogP contribution is -2.29. The molecule has 3 rings (SSSR count). The van der Waals surface area contributed by atoms with Crippen molar-refractivity contribution in [2.45, 2.75) is 23.3 Å². The predicted octanol–water partition coefficient (Wildman–Crippen LogP) is -1.28. The van der Waals surface area contributed by atoms with E-state index in [-0.39, 0.29) is 23.7 Å². The average molecular weight is 346 g/mol. The second-order valence-corrected chi connectivity index (χ2v) is 5.52. The molecule has 10 heteroatoms. The number of nitrogens with zero attached hydrogens (tertiary/aromatic N) is 3. The third-order valence-electron chi connectivity index (χ3n) is 3.20. The van der Waals surface area contributed by atoms with Crippen molar-refractivity contribution in [3.8, 4) is 0 Å². The van der Waals surface area contributed by atoms with Gasteiger partial charge in [-0.3, -0.25) is 14.3 Å². The Kier molecular flexibility index (Phi) is 3.24. The Labute approximate surface area is 120 Å². The zero-order valence-electron chi connectivity index (χ0n) is 10.1. The van der Waals surface area contributed by atoms with Crippen LogP contribution in [0.5, 0.6) is 0 Å². The minimum absolute atomic E-state index is 0.0346. The van der Waals surface area contributed by atoms with Gasteiger partial charge < -0.3 is 20.7 Å². The van der Waals surface area contributed by atoms with Crippen LogP contribution >= 0.6 is 15.9 Å². The van der Waals surface area contributed by atoms with E-state index < -0.39 is 28.8 Å². The quantitative estimate of drug-likeness (QED) is 0.497. The summed E-state index contributed by atoms with van der Waals surface area (Å²) in [6.45, 7) is -0.317. The van der Waals surface area contributed by atoms with E-state index in [0.717, 1.165) is 0 Å². The SMILES string of the molecule is Nc1nc2c(ncn2[C@@H]2O[C@H](CO)C(O)[C@@H]2Br)c(=O)[nH]1. The van der Waals surface area contributed by atoms with E-state index in [4.69, 9.17) is 15.6 Å². The first-order chi connectivity index (χ1) is 9.52. The van der Waals surface area contributed by atoms with Crippen LogP contribution in [0, 0.1) is 0 Å². The molecule has 2 aromatic rings. The molecule has 0 aliphatic carbocycles. The van der Waals surface area contributed by atoms with Crippen molar-refractivity contribution in [3.63, 3.8) is 0 Å². The van der Waals surface area contributed by atoms with Gasteiger partial charge in [0.15, 0.2) is 17.4 Å². The molecule has 1 unspecified atom stereocenters. The second-order valence-electron chi connectivity index (χ2n) is 4.46. The van der Waals surface area contributed by atoms with Crippen LogP contribution in [-0.4, -0.2) is 53.4 Å². The van der Waals surface area contributed by atoms with Gasteiger partial charge in [0.25, 0.3) is 5.56 Å². The highest BCUT2D eigenvalue weighted by molar-refractivity contribution is 9.09. The number of aliphatic hydroxyl groups excluding tert-OH is 2. The topological polar surface area (TPSA) is 139 Å². The molecule has 1 fully saturated rings. The molecule has 0 saturated carbocycles. The van der Waals surface area contributed by atoms with Gasteiger partial charge in [0.05, 0.1) is 23.9 Å². The molecule has 1 saturated heterocycles. The molecule has 0 bridgehead atoms. The number of hydrogen-bond acceptors (Lipinski definition) is 7. The lowest BCUT2D eigenvalue weighted by molar-refractivity contribution is -0.0430. The van der Waals surface area contributed by atoms with Crippen LogP contribution in [0.3, 0.4) is 0 Å². The standard InChI is InChI=1S/C10H12BrN5O4/c11-4-6(18)3(1-17)20-9(4)16-2-13-5-7(16)14-10(12)15-8(5)19/h2-4,6,9,17-18H,1H2,(H3,12,14,15,19)/t3-,4+,6?,9-/m1/s1. The highest BCUT2D eigenvalue weighted by atomic mass is 79.9. The maximum atomic E-state index is 11.7. The molecule has 0 aromatic carbocycles. The van der Waals surface area contributed by atoms with Gasteiger partial charge in [0, 0.05) is 0 Å². The molecule has 5 N–H and O–H groups in total. The molecule has 20 heavy (non-hydrogen) atoms. The zero-order valence-corrected chi connectivity index (χ0v) is 11.7. The van der Waals surface area contributed by atoms with Crippen LogP contribution in [0.25, 0.3) is 11.2 Å². The van der Waals surface area contributed by atoms with Gasteiger partial charge in [-0.05, 0) is 0 Å². The number of nitrogens with two attached hydrogens (primary N) is 1. The molecule has 1 aliphatic heterocycles. The van der Waals surface area contributed by atoms with Gasteiger partial charge in [0.2, 0.25) is 5.95 Å². The minimum Gasteiger partial charge on any atom is -0.394 e. The molecule has 0 radical (unpaired) electrons. The maximum absolute atomic E-state index is 11.7. The number of aromatic amines is 1. The Morgan fingerprint density at radius 3 is 3.00 bits per heavy atom. The predicted molar refractivity (Wildman–Crippen MR) is 72.3 cm³/mol. The Hall–Kier alpha value is -1.49. The van der Waals surface area contributed by atoms with Gasteiger partial charge in [0.1, 0.15) is 6.10 Å². The first-order valence-corrected chi connectivity index (χ1v) is 6.75. The summed E-state index contributed by atoms with van der Waals surface area (Å²) in [6, 6.07) is 0. The Balaban J connectivity index is 2.09. The van der Waals surface area contributed by atoms with E-state index in [1.807, 2.05) is 0 Å². The van der Waals surface area contributed by atoms with Crippen LogP contribution in [0.15, 0.2) is 11.1 Å². The molecule has 3 heterocycles. The lowest BCUT2D eigenvalue weighted by atomic mass is 10.2. The fraction of sp³-hybridized carbons (Fsp3) is 0.500. The summed E-state index contributed by atoms with van der Waals surface area (Å²) in [4.78, 5) is 21.6. The molecule has 108 valence electrons. The summed E-state index contributed by atoms with van der Waals surface area (Å²) in [5.41, 5.74) is 5.45. The first kappa shape index (κ1) is 13.5. The van der Waals surface area contributed by atoms with E-state index in [1.165, 1.54) is 10.9 Å². The van der Waals surface area contributed by atoms with E-state index >= 15 is 0 Å². The normalized spacial score (nSPS) is 30.1. The van der Waals surface area contributed by atoms with Crippen LogP contribution in [0.1, 0.15) is 6.23 Å². The van der Waals surface area contributed by atoms with Crippen molar-refractivity contribution < 1.29 is 14.9 Å². The summed E-state index contributed by atoms with van der Waals surface area (Å²) in [6.07, 6.45) is -0.874. The third kappa shape index (κ3) is 1.92. The Bertz CT molecular complexity index is 701. The van der Waals surface area contributed by atoms with Gasteiger partial charge in [-0.1, -0.05) is 15.9 Å². The number of nitrogens with one attached hydrogen (secondary N) is 1. The molecule has 9 nitrogen and oxygen atoms in total. The molecule has 4 atom stereocenters. The molecule has 2 aromatic heterocycles. The number of imidazole rings is 1. The van der Waals surface area contributed by atoms with Crippen molar-refractivity contribution in [1.29, 1.82) is 0 Å². The summed E-state index contributed by atoms with van der Waals surface area (Å²) < 4.78 is 7.05. The fourth-order valence-electron chi connectivity index (χ4n) is 2.21. The smallest absolute Gasteiger partial charge is 0.280 e. The largest absolute Gasteiger partial charge is 0.394 e. The van der Waals surface area contributed by atoms with Crippen LogP contribution in [-0.2, 0) is 4.74 Å².